The zero-order valence-electron chi connectivity index (χ0n) is 41.8. The zero-order valence-corrected chi connectivity index (χ0v) is 41.8. The van der Waals surface area contributed by atoms with Gasteiger partial charge in [-0.2, -0.15) is 0 Å². The molecule has 0 heterocycles. The Morgan fingerprint density at radius 1 is 0.220 bits per heavy atom. The molecule has 1 aromatic carbocycles. The lowest BCUT2D eigenvalue weighted by atomic mass is 9.87. The van der Waals surface area contributed by atoms with E-state index >= 15 is 0 Å². The molecule has 0 fully saturated rings. The lowest BCUT2D eigenvalue weighted by molar-refractivity contribution is 0.530. The van der Waals surface area contributed by atoms with Crippen LogP contribution in [0, 0.1) is 0 Å². The van der Waals surface area contributed by atoms with Crippen LogP contribution in [0.3, 0.4) is 0 Å². The van der Waals surface area contributed by atoms with Gasteiger partial charge in [-0.1, -0.05) is 310 Å². The largest absolute Gasteiger partial charge is 0.0654 e. The molecule has 0 unspecified atom stereocenters. The highest BCUT2D eigenvalue weighted by Gasteiger charge is 2.12. The first-order chi connectivity index (χ1) is 29.3. The summed E-state index contributed by atoms with van der Waals surface area (Å²) >= 11 is 0. The van der Waals surface area contributed by atoms with Crippen molar-refractivity contribution in [2.75, 3.05) is 0 Å². The van der Waals surface area contributed by atoms with E-state index in [1.807, 2.05) is 0 Å². The predicted molar refractivity (Wildman–Crippen MR) is 272 cm³/mol. The quantitative estimate of drug-likeness (QED) is 0.0575. The van der Waals surface area contributed by atoms with Crippen molar-refractivity contribution < 1.29 is 0 Å². The van der Waals surface area contributed by atoms with Gasteiger partial charge in [0.1, 0.15) is 0 Å². The predicted octanol–water partition coefficient (Wildman–Crippen LogP) is 21.5. The fraction of sp³-hybridized carbons (Fsp3) is 0.898. The van der Waals surface area contributed by atoms with E-state index in [1.54, 1.807) is 22.3 Å². The topological polar surface area (TPSA) is 0 Å². The fourth-order valence-electron chi connectivity index (χ4n) is 9.89. The van der Waals surface area contributed by atoms with Crippen LogP contribution < -0.4 is 0 Å². The van der Waals surface area contributed by atoms with Crippen LogP contribution in [0.4, 0.5) is 0 Å². The van der Waals surface area contributed by atoms with E-state index in [1.165, 1.54) is 315 Å². The van der Waals surface area contributed by atoms with Gasteiger partial charge in [0.05, 0.1) is 0 Å². The monoisotopic (exact) mass is 821 g/mol. The van der Waals surface area contributed by atoms with Gasteiger partial charge in [-0.25, -0.2) is 0 Å². The summed E-state index contributed by atoms with van der Waals surface area (Å²) in [5.41, 5.74) is 6.91. The minimum absolute atomic E-state index is 1.19. The van der Waals surface area contributed by atoms with Gasteiger partial charge >= 0.3 is 0 Å². The molecular formula is C59H112. The molecule has 0 saturated heterocycles. The highest BCUT2D eigenvalue weighted by atomic mass is 14.2. The van der Waals surface area contributed by atoms with Crippen LogP contribution in [0.1, 0.15) is 339 Å². The summed E-state index contributed by atoms with van der Waals surface area (Å²) < 4.78 is 0. The van der Waals surface area contributed by atoms with E-state index in [4.69, 9.17) is 0 Å². The zero-order chi connectivity index (χ0) is 42.4. The first-order valence-corrected chi connectivity index (χ1v) is 28.4. The van der Waals surface area contributed by atoms with Crippen molar-refractivity contribution in [3.05, 3.63) is 34.4 Å². The molecule has 59 heavy (non-hydrogen) atoms. The molecule has 0 bridgehead atoms. The molecule has 0 aliphatic rings. The van der Waals surface area contributed by atoms with Crippen LogP contribution in [-0.4, -0.2) is 0 Å². The number of unbranched alkanes of at least 4 members (excludes halogenated alkanes) is 42. The number of benzene rings is 1. The van der Waals surface area contributed by atoms with Gasteiger partial charge < -0.3 is 0 Å². The van der Waals surface area contributed by atoms with Gasteiger partial charge in [-0.15, -0.1) is 0 Å². The maximum absolute atomic E-state index is 2.65. The summed E-state index contributed by atoms with van der Waals surface area (Å²) in [4.78, 5) is 0. The molecule has 0 aliphatic heterocycles. The van der Waals surface area contributed by atoms with Crippen LogP contribution in [0.15, 0.2) is 12.1 Å². The van der Waals surface area contributed by atoms with Crippen molar-refractivity contribution in [2.45, 2.75) is 342 Å². The second-order valence-electron chi connectivity index (χ2n) is 19.8. The number of hydrogen-bond acceptors (Lipinski definition) is 0. The Morgan fingerprint density at radius 3 is 0.610 bits per heavy atom. The van der Waals surface area contributed by atoms with E-state index in [2.05, 4.69) is 39.8 Å². The maximum atomic E-state index is 2.65. The van der Waals surface area contributed by atoms with E-state index in [0.29, 0.717) is 0 Å². The third-order valence-corrected chi connectivity index (χ3v) is 14.0. The Morgan fingerprint density at radius 2 is 0.407 bits per heavy atom. The lowest BCUT2D eigenvalue weighted by Crippen LogP contribution is -2.04. The Labute approximate surface area is 375 Å². The fourth-order valence-corrected chi connectivity index (χ4v) is 9.89. The second-order valence-corrected chi connectivity index (χ2v) is 19.8. The Balaban J connectivity index is 2.44. The van der Waals surface area contributed by atoms with Gasteiger partial charge in [-0.3, -0.25) is 0 Å². The average Bonchev–Trinajstić information content (AvgIpc) is 3.25. The minimum Gasteiger partial charge on any atom is -0.0654 e. The van der Waals surface area contributed by atoms with Crippen molar-refractivity contribution in [1.82, 2.24) is 0 Å². The normalized spacial score (nSPS) is 11.7. The van der Waals surface area contributed by atoms with Crippen LogP contribution in [0.5, 0.6) is 0 Å². The molecule has 0 N–H and O–H groups in total. The number of aryl methyl sites for hydroxylation is 3. The molecule has 348 valence electrons. The SMILES string of the molecule is CCCCCCCCCCCCCCCCCc1cc(CC)cc(CCCCCCCCCCCCCCCCC)c1CCCCCCCCCCCCCCCCC. The van der Waals surface area contributed by atoms with E-state index in [0.717, 1.165) is 0 Å². The molecule has 1 rings (SSSR count). The molecule has 0 aliphatic carbocycles. The van der Waals surface area contributed by atoms with Gasteiger partial charge in [0.15, 0.2) is 0 Å². The van der Waals surface area contributed by atoms with Gasteiger partial charge in [-0.05, 0) is 67.2 Å². The summed E-state index contributed by atoms with van der Waals surface area (Å²) in [7, 11) is 0. The minimum atomic E-state index is 1.19. The molecule has 0 atom stereocenters. The van der Waals surface area contributed by atoms with Crippen molar-refractivity contribution in [3.63, 3.8) is 0 Å². The molecule has 0 amide bonds. The molecule has 1 aromatic rings. The molecule has 0 radical (unpaired) electrons. The summed E-state index contributed by atoms with van der Waals surface area (Å²) in [6.45, 7) is 9.35. The average molecular weight is 822 g/mol. The lowest BCUT2D eigenvalue weighted by Gasteiger charge is -2.18. The van der Waals surface area contributed by atoms with Gasteiger partial charge in [0.2, 0.25) is 0 Å². The summed E-state index contributed by atoms with van der Waals surface area (Å²) in [6, 6.07) is 5.31. The standard InChI is InChI=1S/C59H112/c1-5-9-12-15-18-21-24-27-30-33-36-39-42-45-48-51-57-54-56(8-4)55-58(52-49-46-43-40-37-34-31-28-25-22-19-16-13-10-6-2)59(57)53-50-47-44-41-38-35-32-29-26-23-20-17-14-11-7-3/h54-55H,5-53H2,1-4H3. The second kappa shape index (κ2) is 46.7. The van der Waals surface area contributed by atoms with E-state index in [-0.39, 0.29) is 0 Å². The molecular weight excluding hydrogens is 709 g/mol. The Bertz CT molecular complexity index is 886. The summed E-state index contributed by atoms with van der Waals surface area (Å²) in [5.74, 6) is 0. The maximum Gasteiger partial charge on any atom is -0.0273 e. The first-order valence-electron chi connectivity index (χ1n) is 28.4. The molecule has 0 aromatic heterocycles. The van der Waals surface area contributed by atoms with Crippen LogP contribution in [0.2, 0.25) is 0 Å². The van der Waals surface area contributed by atoms with Gasteiger partial charge in [0, 0.05) is 0 Å². The van der Waals surface area contributed by atoms with E-state index in [9.17, 15) is 0 Å². The van der Waals surface area contributed by atoms with Gasteiger partial charge in [0.25, 0.3) is 0 Å². The summed E-state index contributed by atoms with van der Waals surface area (Å²) in [5, 5.41) is 0. The Hall–Kier alpha value is -0.780. The number of hydrogen-bond donors (Lipinski definition) is 0. The molecule has 0 spiro atoms. The third kappa shape index (κ3) is 37.5. The van der Waals surface area contributed by atoms with Crippen LogP contribution in [0.25, 0.3) is 0 Å². The third-order valence-electron chi connectivity index (χ3n) is 14.0. The highest BCUT2D eigenvalue weighted by molar-refractivity contribution is 5.40. The van der Waals surface area contributed by atoms with Crippen molar-refractivity contribution >= 4 is 0 Å². The summed E-state index contributed by atoms with van der Waals surface area (Å²) in [6.07, 6.45) is 70.6. The Kier molecular flexibility index (Phi) is 44.5. The van der Waals surface area contributed by atoms with Crippen molar-refractivity contribution in [1.29, 1.82) is 0 Å². The van der Waals surface area contributed by atoms with Crippen molar-refractivity contribution in [2.24, 2.45) is 0 Å². The van der Waals surface area contributed by atoms with Crippen LogP contribution >= 0.6 is 0 Å². The smallest absolute Gasteiger partial charge is 0.0273 e. The highest BCUT2D eigenvalue weighted by Crippen LogP contribution is 2.26. The van der Waals surface area contributed by atoms with Crippen molar-refractivity contribution in [3.8, 4) is 0 Å². The molecule has 0 saturated carbocycles. The first kappa shape index (κ1) is 56.2. The van der Waals surface area contributed by atoms with Crippen LogP contribution in [-0.2, 0) is 25.7 Å². The molecule has 0 heteroatoms. The van der Waals surface area contributed by atoms with E-state index < -0.39 is 0 Å². The number of rotatable bonds is 49. The molecule has 0 nitrogen and oxygen atoms in total.